The Morgan fingerprint density at radius 2 is 2.24 bits per heavy atom. The molecule has 0 spiro atoms. The first kappa shape index (κ1) is 20.2. The Morgan fingerprint density at radius 3 is 2.92 bits per heavy atom. The topological polar surface area (TPSA) is 55.8 Å². The van der Waals surface area contributed by atoms with Crippen LogP contribution in [0.1, 0.15) is 24.8 Å². The minimum atomic E-state index is -0.0110. The zero-order valence-corrected chi connectivity index (χ0v) is 16.0. The molecule has 0 unspecified atom stereocenters. The first-order chi connectivity index (χ1) is 12.0. The highest BCUT2D eigenvalue weighted by Gasteiger charge is 2.30. The molecule has 140 valence electrons. The Bertz CT molecular complexity index is 553. The van der Waals surface area contributed by atoms with Crippen LogP contribution < -0.4 is 5.32 Å². The van der Waals surface area contributed by atoms with E-state index in [9.17, 15) is 4.79 Å². The SMILES string of the molecule is CN(C)[C@@H]1CCN(Cc2cccc(Cl)c2)C[C@@H]1CCC(=O)NCCO. The number of nitrogens with one attached hydrogen (secondary N) is 1. The summed E-state index contributed by atoms with van der Waals surface area (Å²) in [6.07, 6.45) is 2.49. The maximum Gasteiger partial charge on any atom is 0.220 e. The average Bonchev–Trinajstić information content (AvgIpc) is 2.58. The molecule has 2 rings (SSSR count). The number of aliphatic hydroxyl groups is 1. The number of benzene rings is 1. The highest BCUT2D eigenvalue weighted by molar-refractivity contribution is 6.30. The number of carbonyl (C=O) groups excluding carboxylic acids is 1. The van der Waals surface area contributed by atoms with Gasteiger partial charge in [0.2, 0.25) is 5.91 Å². The summed E-state index contributed by atoms with van der Waals surface area (Å²) in [5.74, 6) is 0.487. The van der Waals surface area contributed by atoms with Gasteiger partial charge in [-0.05, 0) is 57.1 Å². The van der Waals surface area contributed by atoms with Crippen molar-refractivity contribution in [1.82, 2.24) is 15.1 Å². The molecule has 2 atom stereocenters. The van der Waals surface area contributed by atoms with Crippen LogP contribution in [-0.4, -0.2) is 67.2 Å². The van der Waals surface area contributed by atoms with Crippen molar-refractivity contribution in [3.05, 3.63) is 34.9 Å². The Balaban J connectivity index is 1.92. The lowest BCUT2D eigenvalue weighted by molar-refractivity contribution is -0.121. The number of likely N-dealkylation sites (tertiary alicyclic amines) is 1. The second-order valence-corrected chi connectivity index (χ2v) is 7.49. The Labute approximate surface area is 155 Å². The Morgan fingerprint density at radius 1 is 1.44 bits per heavy atom. The number of hydrogen-bond acceptors (Lipinski definition) is 4. The molecule has 1 aliphatic heterocycles. The third-order valence-electron chi connectivity index (χ3n) is 4.91. The van der Waals surface area contributed by atoms with Crippen molar-refractivity contribution in [2.24, 2.45) is 5.92 Å². The van der Waals surface area contributed by atoms with Gasteiger partial charge in [0.15, 0.2) is 0 Å². The van der Waals surface area contributed by atoms with Crippen LogP contribution in [0.25, 0.3) is 0 Å². The van der Waals surface area contributed by atoms with Crippen molar-refractivity contribution in [3.8, 4) is 0 Å². The summed E-state index contributed by atoms with van der Waals surface area (Å²) in [6.45, 7) is 3.27. The first-order valence-electron chi connectivity index (χ1n) is 9.00. The van der Waals surface area contributed by atoms with Crippen LogP contribution >= 0.6 is 11.6 Å². The van der Waals surface area contributed by atoms with Crippen LogP contribution in [0.2, 0.25) is 5.02 Å². The summed E-state index contributed by atoms with van der Waals surface area (Å²) in [5, 5.41) is 12.3. The van der Waals surface area contributed by atoms with Crippen LogP contribution in [0.5, 0.6) is 0 Å². The lowest BCUT2D eigenvalue weighted by Gasteiger charge is -2.41. The lowest BCUT2D eigenvalue weighted by atomic mass is 9.87. The fourth-order valence-corrected chi connectivity index (χ4v) is 3.91. The number of piperidine rings is 1. The fraction of sp³-hybridized carbons (Fsp3) is 0.632. The van der Waals surface area contributed by atoms with Gasteiger partial charge in [0, 0.05) is 37.1 Å². The Hall–Kier alpha value is -1.14. The second kappa shape index (κ2) is 10.1. The third kappa shape index (κ3) is 6.59. The minimum absolute atomic E-state index is 0.0110. The predicted molar refractivity (Wildman–Crippen MR) is 102 cm³/mol. The molecule has 25 heavy (non-hydrogen) atoms. The number of nitrogens with zero attached hydrogens (tertiary/aromatic N) is 2. The van der Waals surface area contributed by atoms with Crippen molar-refractivity contribution in [2.45, 2.75) is 31.8 Å². The molecule has 2 N–H and O–H groups in total. The molecular formula is C19H30ClN3O2. The number of aliphatic hydroxyl groups excluding tert-OH is 1. The normalized spacial score (nSPS) is 21.5. The maximum absolute atomic E-state index is 11.9. The minimum Gasteiger partial charge on any atom is -0.395 e. The fourth-order valence-electron chi connectivity index (χ4n) is 3.70. The van der Waals surface area contributed by atoms with Gasteiger partial charge in [0.05, 0.1) is 6.61 Å². The molecule has 0 saturated carbocycles. The van der Waals surface area contributed by atoms with Gasteiger partial charge in [-0.1, -0.05) is 23.7 Å². The van der Waals surface area contributed by atoms with E-state index in [0.29, 0.717) is 24.9 Å². The summed E-state index contributed by atoms with van der Waals surface area (Å²) >= 11 is 6.09. The highest BCUT2D eigenvalue weighted by atomic mass is 35.5. The van der Waals surface area contributed by atoms with Crippen LogP contribution in [0.15, 0.2) is 24.3 Å². The van der Waals surface area contributed by atoms with Gasteiger partial charge in [-0.15, -0.1) is 0 Å². The van der Waals surface area contributed by atoms with E-state index in [1.807, 2.05) is 18.2 Å². The standard InChI is InChI=1S/C19H30ClN3O2/c1-22(2)18-8-10-23(13-15-4-3-5-17(20)12-15)14-16(18)6-7-19(25)21-9-11-24/h3-5,12,16,18,24H,6-11,13-14H2,1-2H3,(H,21,25)/t16-,18+/m0/s1. The smallest absolute Gasteiger partial charge is 0.220 e. The van der Waals surface area contributed by atoms with E-state index >= 15 is 0 Å². The molecule has 1 amide bonds. The lowest BCUT2D eigenvalue weighted by Crippen LogP contribution is -2.48. The van der Waals surface area contributed by atoms with Crippen LogP contribution in [0.4, 0.5) is 0 Å². The molecule has 6 heteroatoms. The van der Waals surface area contributed by atoms with Crippen molar-refractivity contribution < 1.29 is 9.90 Å². The first-order valence-corrected chi connectivity index (χ1v) is 9.38. The monoisotopic (exact) mass is 367 g/mol. The zero-order valence-electron chi connectivity index (χ0n) is 15.2. The average molecular weight is 368 g/mol. The van der Waals surface area contributed by atoms with Crippen LogP contribution in [-0.2, 0) is 11.3 Å². The number of halogens is 1. The van der Waals surface area contributed by atoms with E-state index in [1.54, 1.807) is 0 Å². The van der Waals surface area contributed by atoms with E-state index < -0.39 is 0 Å². The summed E-state index contributed by atoms with van der Waals surface area (Å²) in [6, 6.07) is 8.53. The third-order valence-corrected chi connectivity index (χ3v) is 5.15. The van der Waals surface area contributed by atoms with Crippen molar-refractivity contribution in [1.29, 1.82) is 0 Å². The zero-order chi connectivity index (χ0) is 18.2. The van der Waals surface area contributed by atoms with Crippen molar-refractivity contribution in [3.63, 3.8) is 0 Å². The quantitative estimate of drug-likeness (QED) is 0.737. The van der Waals surface area contributed by atoms with Crippen molar-refractivity contribution in [2.75, 3.05) is 40.3 Å². The van der Waals surface area contributed by atoms with Gasteiger partial charge >= 0.3 is 0 Å². The van der Waals surface area contributed by atoms with Gasteiger partial charge in [-0.3, -0.25) is 9.69 Å². The molecule has 0 radical (unpaired) electrons. The van der Waals surface area contributed by atoms with E-state index in [1.165, 1.54) is 5.56 Å². The van der Waals surface area contributed by atoms with Crippen LogP contribution in [0.3, 0.4) is 0 Å². The second-order valence-electron chi connectivity index (χ2n) is 7.06. The molecule has 5 nitrogen and oxygen atoms in total. The van der Waals surface area contributed by atoms with E-state index in [0.717, 1.165) is 37.5 Å². The number of amides is 1. The number of rotatable bonds is 8. The Kier molecular flexibility index (Phi) is 8.16. The molecular weight excluding hydrogens is 338 g/mol. The molecule has 1 aromatic rings. The van der Waals surface area contributed by atoms with Gasteiger partial charge in [0.1, 0.15) is 0 Å². The molecule has 1 aromatic carbocycles. The largest absolute Gasteiger partial charge is 0.395 e. The van der Waals surface area contributed by atoms with Gasteiger partial charge < -0.3 is 15.3 Å². The molecule has 1 saturated heterocycles. The molecule has 0 aromatic heterocycles. The number of hydrogen-bond donors (Lipinski definition) is 2. The van der Waals surface area contributed by atoms with Gasteiger partial charge in [0.25, 0.3) is 0 Å². The molecule has 0 bridgehead atoms. The summed E-state index contributed by atoms with van der Waals surface area (Å²) < 4.78 is 0. The van der Waals surface area contributed by atoms with Gasteiger partial charge in [-0.25, -0.2) is 0 Å². The highest BCUT2D eigenvalue weighted by Crippen LogP contribution is 2.26. The van der Waals surface area contributed by atoms with E-state index in [-0.39, 0.29) is 12.5 Å². The summed E-state index contributed by atoms with van der Waals surface area (Å²) in [7, 11) is 4.24. The van der Waals surface area contributed by atoms with E-state index in [2.05, 4.69) is 35.3 Å². The van der Waals surface area contributed by atoms with E-state index in [4.69, 9.17) is 16.7 Å². The summed E-state index contributed by atoms with van der Waals surface area (Å²) in [4.78, 5) is 16.6. The molecule has 0 aliphatic carbocycles. The van der Waals surface area contributed by atoms with Crippen molar-refractivity contribution >= 4 is 17.5 Å². The number of carbonyl (C=O) groups is 1. The van der Waals surface area contributed by atoms with Gasteiger partial charge in [-0.2, -0.15) is 0 Å². The predicted octanol–water partition coefficient (Wildman–Crippen LogP) is 1.98. The molecule has 1 heterocycles. The molecule has 1 fully saturated rings. The molecule has 1 aliphatic rings. The summed E-state index contributed by atoms with van der Waals surface area (Å²) in [5.41, 5.74) is 1.23. The maximum atomic E-state index is 11.9. The van der Waals surface area contributed by atoms with Crippen LogP contribution in [0, 0.1) is 5.92 Å².